The maximum atomic E-state index is 12.1. The van der Waals surface area contributed by atoms with Gasteiger partial charge in [-0.2, -0.15) is 0 Å². The Labute approximate surface area is 117 Å². The van der Waals surface area contributed by atoms with E-state index in [1.807, 2.05) is 0 Å². The molecule has 0 aromatic heterocycles. The predicted molar refractivity (Wildman–Crippen MR) is 75.9 cm³/mol. The van der Waals surface area contributed by atoms with Crippen LogP contribution in [-0.2, 0) is 9.53 Å². The molecule has 112 valence electrons. The van der Waals surface area contributed by atoms with Crippen LogP contribution >= 0.6 is 0 Å². The van der Waals surface area contributed by atoms with Gasteiger partial charge in [0.2, 0.25) is 5.91 Å². The van der Waals surface area contributed by atoms with Gasteiger partial charge in [0.15, 0.2) is 0 Å². The number of carbonyl (C=O) groups is 1. The molecule has 1 saturated carbocycles. The minimum Gasteiger partial charge on any atom is -0.389 e. The predicted octanol–water partition coefficient (Wildman–Crippen LogP) is 2.06. The molecule has 0 heterocycles. The van der Waals surface area contributed by atoms with Crippen molar-refractivity contribution in [3.8, 4) is 0 Å². The molecule has 0 aliphatic heterocycles. The Balaban J connectivity index is 2.37. The topological polar surface area (TPSA) is 49.8 Å². The molecular formula is C15H29NO3. The fraction of sp³-hybridized carbons (Fsp3) is 0.933. The van der Waals surface area contributed by atoms with E-state index in [9.17, 15) is 9.90 Å². The summed E-state index contributed by atoms with van der Waals surface area (Å²) in [5.41, 5.74) is 0.372. The van der Waals surface area contributed by atoms with E-state index in [1.54, 1.807) is 19.1 Å². The molecule has 2 atom stereocenters. The molecule has 19 heavy (non-hydrogen) atoms. The summed E-state index contributed by atoms with van der Waals surface area (Å²) >= 11 is 0. The summed E-state index contributed by atoms with van der Waals surface area (Å²) in [6.45, 7) is 5.20. The third-order valence-electron chi connectivity index (χ3n) is 4.04. The Hall–Kier alpha value is -0.610. The van der Waals surface area contributed by atoms with Crippen molar-refractivity contribution >= 4 is 5.91 Å². The highest BCUT2D eigenvalue weighted by Gasteiger charge is 2.29. The van der Waals surface area contributed by atoms with E-state index in [-0.39, 0.29) is 12.5 Å². The summed E-state index contributed by atoms with van der Waals surface area (Å²) in [4.78, 5) is 13.8. The Bertz CT molecular complexity index is 291. The number of carbonyl (C=O) groups excluding carboxylic acids is 1. The lowest BCUT2D eigenvalue weighted by molar-refractivity contribution is -0.133. The molecule has 0 aromatic carbocycles. The van der Waals surface area contributed by atoms with Gasteiger partial charge < -0.3 is 14.7 Å². The van der Waals surface area contributed by atoms with Crippen molar-refractivity contribution in [2.75, 3.05) is 27.3 Å². The summed E-state index contributed by atoms with van der Waals surface area (Å²) in [5.74, 6) is 0.635. The lowest BCUT2D eigenvalue weighted by Crippen LogP contribution is -2.37. The Morgan fingerprint density at radius 3 is 2.79 bits per heavy atom. The summed E-state index contributed by atoms with van der Waals surface area (Å²) in [6.07, 6.45) is 4.79. The average molecular weight is 271 g/mol. The highest BCUT2D eigenvalue weighted by atomic mass is 16.5. The van der Waals surface area contributed by atoms with Gasteiger partial charge in [0.25, 0.3) is 0 Å². The largest absolute Gasteiger partial charge is 0.389 e. The minimum absolute atomic E-state index is 0.137. The molecule has 1 amide bonds. The number of hydrogen-bond acceptors (Lipinski definition) is 3. The van der Waals surface area contributed by atoms with Crippen molar-refractivity contribution < 1.29 is 14.6 Å². The second-order valence-electron chi connectivity index (χ2n) is 6.71. The van der Waals surface area contributed by atoms with Crippen LogP contribution in [0.2, 0.25) is 0 Å². The first-order chi connectivity index (χ1) is 8.84. The van der Waals surface area contributed by atoms with E-state index in [0.717, 1.165) is 12.8 Å². The number of aliphatic hydroxyl groups excluding tert-OH is 1. The number of amides is 1. The Kier molecular flexibility index (Phi) is 6.27. The standard InChI is InChI=1S/C15H29NO3/c1-15(2)7-5-6-12(9-15)8-14(18)16(3)10-13(17)11-19-4/h12-13,17H,5-11H2,1-4H3. The molecule has 1 fully saturated rings. The summed E-state index contributed by atoms with van der Waals surface area (Å²) in [5, 5.41) is 9.64. The molecule has 4 nitrogen and oxygen atoms in total. The molecule has 1 aliphatic rings. The first kappa shape index (κ1) is 16.4. The second-order valence-corrected chi connectivity index (χ2v) is 6.71. The van der Waals surface area contributed by atoms with Crippen LogP contribution in [0.4, 0.5) is 0 Å². The Morgan fingerprint density at radius 2 is 2.21 bits per heavy atom. The fourth-order valence-corrected chi connectivity index (χ4v) is 3.09. The maximum Gasteiger partial charge on any atom is 0.222 e. The van der Waals surface area contributed by atoms with Crippen LogP contribution in [0.5, 0.6) is 0 Å². The van der Waals surface area contributed by atoms with Gasteiger partial charge in [0, 0.05) is 27.1 Å². The van der Waals surface area contributed by atoms with Crippen molar-refractivity contribution in [3.05, 3.63) is 0 Å². The second kappa shape index (κ2) is 7.25. The van der Waals surface area contributed by atoms with Gasteiger partial charge in [-0.3, -0.25) is 4.79 Å². The van der Waals surface area contributed by atoms with Crippen molar-refractivity contribution in [3.63, 3.8) is 0 Å². The number of methoxy groups -OCH3 is 1. The molecule has 1 rings (SSSR count). The van der Waals surface area contributed by atoms with E-state index in [2.05, 4.69) is 13.8 Å². The van der Waals surface area contributed by atoms with E-state index in [0.29, 0.717) is 24.3 Å². The molecule has 0 radical (unpaired) electrons. The van der Waals surface area contributed by atoms with Crippen LogP contribution in [0.25, 0.3) is 0 Å². The van der Waals surface area contributed by atoms with Crippen molar-refractivity contribution in [2.45, 2.75) is 52.1 Å². The highest BCUT2D eigenvalue weighted by molar-refractivity contribution is 5.76. The van der Waals surface area contributed by atoms with Gasteiger partial charge in [-0.25, -0.2) is 0 Å². The zero-order valence-corrected chi connectivity index (χ0v) is 12.8. The molecular weight excluding hydrogens is 242 g/mol. The van der Waals surface area contributed by atoms with Gasteiger partial charge in [-0.1, -0.05) is 20.3 Å². The fourth-order valence-electron chi connectivity index (χ4n) is 3.09. The van der Waals surface area contributed by atoms with Crippen molar-refractivity contribution in [1.82, 2.24) is 4.90 Å². The van der Waals surface area contributed by atoms with Crippen LogP contribution in [0, 0.1) is 11.3 Å². The average Bonchev–Trinajstić information content (AvgIpc) is 2.27. The number of rotatable bonds is 6. The third kappa shape index (κ3) is 5.91. The van der Waals surface area contributed by atoms with Crippen molar-refractivity contribution in [2.24, 2.45) is 11.3 Å². The molecule has 0 spiro atoms. The normalized spacial score (nSPS) is 23.9. The first-order valence-electron chi connectivity index (χ1n) is 7.25. The monoisotopic (exact) mass is 271 g/mol. The van der Waals surface area contributed by atoms with E-state index < -0.39 is 6.10 Å². The van der Waals surface area contributed by atoms with Crippen LogP contribution in [0.3, 0.4) is 0 Å². The minimum atomic E-state index is -0.596. The molecule has 4 heteroatoms. The Morgan fingerprint density at radius 1 is 1.53 bits per heavy atom. The van der Waals surface area contributed by atoms with Crippen LogP contribution < -0.4 is 0 Å². The van der Waals surface area contributed by atoms with E-state index in [1.165, 1.54) is 12.8 Å². The third-order valence-corrected chi connectivity index (χ3v) is 4.04. The summed E-state index contributed by atoms with van der Waals surface area (Å²) in [6, 6.07) is 0. The quantitative estimate of drug-likeness (QED) is 0.804. The van der Waals surface area contributed by atoms with Crippen LogP contribution in [0.15, 0.2) is 0 Å². The molecule has 0 saturated heterocycles. The zero-order valence-electron chi connectivity index (χ0n) is 12.8. The number of ether oxygens (including phenoxy) is 1. The molecule has 0 aromatic rings. The van der Waals surface area contributed by atoms with Crippen LogP contribution in [-0.4, -0.2) is 49.3 Å². The SMILES string of the molecule is COCC(O)CN(C)C(=O)CC1CCCC(C)(C)C1. The summed E-state index contributed by atoms with van der Waals surface area (Å²) < 4.78 is 4.87. The zero-order chi connectivity index (χ0) is 14.5. The lowest BCUT2D eigenvalue weighted by atomic mass is 9.71. The highest BCUT2D eigenvalue weighted by Crippen LogP contribution is 2.39. The summed E-state index contributed by atoms with van der Waals surface area (Å²) in [7, 11) is 3.31. The lowest BCUT2D eigenvalue weighted by Gasteiger charge is -2.35. The molecule has 1 N–H and O–H groups in total. The first-order valence-corrected chi connectivity index (χ1v) is 7.25. The molecule has 1 aliphatic carbocycles. The van der Waals surface area contributed by atoms with Crippen LogP contribution in [0.1, 0.15) is 46.0 Å². The molecule has 2 unspecified atom stereocenters. The molecule has 0 bridgehead atoms. The van der Waals surface area contributed by atoms with Crippen molar-refractivity contribution in [1.29, 1.82) is 0 Å². The van der Waals surface area contributed by atoms with E-state index in [4.69, 9.17) is 4.74 Å². The van der Waals surface area contributed by atoms with Gasteiger partial charge in [-0.15, -0.1) is 0 Å². The van der Waals surface area contributed by atoms with Gasteiger partial charge in [-0.05, 0) is 30.6 Å². The number of nitrogens with zero attached hydrogens (tertiary/aromatic N) is 1. The number of hydrogen-bond donors (Lipinski definition) is 1. The smallest absolute Gasteiger partial charge is 0.222 e. The number of aliphatic hydroxyl groups is 1. The maximum absolute atomic E-state index is 12.1. The van der Waals surface area contributed by atoms with E-state index >= 15 is 0 Å². The van der Waals surface area contributed by atoms with Gasteiger partial charge >= 0.3 is 0 Å². The van der Waals surface area contributed by atoms with Gasteiger partial charge in [0.05, 0.1) is 12.7 Å². The number of likely N-dealkylation sites (N-methyl/N-ethyl adjacent to an activating group) is 1. The van der Waals surface area contributed by atoms with Gasteiger partial charge in [0.1, 0.15) is 0 Å².